The summed E-state index contributed by atoms with van der Waals surface area (Å²) in [5.74, 6) is -3.83. The molecule has 1 heterocycles. The summed E-state index contributed by atoms with van der Waals surface area (Å²) < 4.78 is 79.9. The van der Waals surface area contributed by atoms with Crippen molar-refractivity contribution in [3.63, 3.8) is 0 Å². The van der Waals surface area contributed by atoms with Gasteiger partial charge < -0.3 is 15.5 Å². The summed E-state index contributed by atoms with van der Waals surface area (Å²) in [4.78, 5) is 39.9. The van der Waals surface area contributed by atoms with Crippen LogP contribution < -0.4 is 5.73 Å². The van der Waals surface area contributed by atoms with E-state index in [-0.39, 0.29) is 37.1 Å². The molecule has 3 amide bonds. The van der Waals surface area contributed by atoms with Crippen LogP contribution in [0.2, 0.25) is 0 Å². The number of hydrogen-bond donors (Lipinski definition) is 1. The number of nitrogens with zero attached hydrogens (tertiary/aromatic N) is 2. The maximum atomic E-state index is 13.6. The Bertz CT molecular complexity index is 1210. The first kappa shape index (κ1) is 30.0. The van der Waals surface area contributed by atoms with Gasteiger partial charge in [0.1, 0.15) is 0 Å². The molecule has 3 rings (SSSR count). The molecule has 0 aromatic heterocycles. The number of carbonyl (C=O) groups is 3. The van der Waals surface area contributed by atoms with Crippen LogP contribution in [0.4, 0.5) is 26.3 Å². The molecular formula is C27H29F6N3O3. The van der Waals surface area contributed by atoms with Crippen molar-refractivity contribution in [2.24, 2.45) is 11.7 Å². The zero-order valence-corrected chi connectivity index (χ0v) is 21.6. The molecule has 2 aromatic carbocycles. The second-order valence-corrected chi connectivity index (χ2v) is 10.0. The maximum Gasteiger partial charge on any atom is 0.416 e. The zero-order valence-electron chi connectivity index (χ0n) is 21.6. The fourth-order valence-corrected chi connectivity index (χ4v) is 5.02. The Morgan fingerprint density at radius 1 is 1.00 bits per heavy atom. The van der Waals surface area contributed by atoms with Crippen molar-refractivity contribution in [1.82, 2.24) is 9.80 Å². The van der Waals surface area contributed by atoms with E-state index in [0.717, 1.165) is 16.0 Å². The molecule has 1 aliphatic rings. The standard InChI is InChI=1S/C27H29F6N3O3/c1-15(2)19-6-4-5-7-20(19)22-14-36(25(39)23(34)37)9-8-21(22)24(38)35(3)13-16-10-17(26(28,29)30)12-18(11-16)27(31,32)33/h4-7,10-12,15,21-22H,8-9,13-14H2,1-3H3,(H2,34,37)/t21-,22+/m1/s1. The topological polar surface area (TPSA) is 83.7 Å². The molecule has 0 spiro atoms. The molecule has 2 N–H and O–H groups in total. The van der Waals surface area contributed by atoms with E-state index in [0.29, 0.717) is 12.1 Å². The fraction of sp³-hybridized carbons (Fsp3) is 0.444. The van der Waals surface area contributed by atoms with E-state index in [1.54, 1.807) is 12.1 Å². The molecule has 0 aliphatic carbocycles. The minimum absolute atomic E-state index is 0.00245. The summed E-state index contributed by atoms with van der Waals surface area (Å²) in [7, 11) is 1.31. The van der Waals surface area contributed by atoms with E-state index in [4.69, 9.17) is 5.73 Å². The third kappa shape index (κ3) is 6.90. The predicted octanol–water partition coefficient (Wildman–Crippen LogP) is 4.92. The van der Waals surface area contributed by atoms with Gasteiger partial charge in [-0.25, -0.2) is 0 Å². The molecule has 0 bridgehead atoms. The normalized spacial score (nSPS) is 18.3. The summed E-state index contributed by atoms with van der Waals surface area (Å²) in [6.07, 6.45) is -9.90. The highest BCUT2D eigenvalue weighted by Crippen LogP contribution is 2.39. The Kier molecular flexibility index (Phi) is 8.66. The van der Waals surface area contributed by atoms with E-state index in [1.165, 1.54) is 11.9 Å². The van der Waals surface area contributed by atoms with Crippen molar-refractivity contribution in [1.29, 1.82) is 0 Å². The molecule has 0 saturated carbocycles. The molecule has 0 unspecified atom stereocenters. The molecule has 1 saturated heterocycles. The van der Waals surface area contributed by atoms with Gasteiger partial charge in [0.2, 0.25) is 5.91 Å². The third-order valence-corrected chi connectivity index (χ3v) is 6.89. The number of halogens is 6. The van der Waals surface area contributed by atoms with E-state index in [2.05, 4.69) is 0 Å². The first-order chi connectivity index (χ1) is 18.0. The van der Waals surface area contributed by atoms with Gasteiger partial charge in [0.15, 0.2) is 0 Å². The zero-order chi connectivity index (χ0) is 29.3. The minimum Gasteiger partial charge on any atom is -0.361 e. The molecule has 6 nitrogen and oxygen atoms in total. The number of primary amides is 1. The summed E-state index contributed by atoms with van der Waals surface area (Å²) in [5, 5.41) is 0. The van der Waals surface area contributed by atoms with Crippen molar-refractivity contribution < 1.29 is 40.7 Å². The van der Waals surface area contributed by atoms with Gasteiger partial charge in [0.05, 0.1) is 11.1 Å². The first-order valence-electron chi connectivity index (χ1n) is 12.2. The summed E-state index contributed by atoms with van der Waals surface area (Å²) in [6, 6.07) is 8.50. The van der Waals surface area contributed by atoms with Crippen LogP contribution >= 0.6 is 0 Å². The Hall–Kier alpha value is -3.57. The number of rotatable bonds is 5. The van der Waals surface area contributed by atoms with Gasteiger partial charge in [-0.3, -0.25) is 14.4 Å². The number of hydrogen-bond acceptors (Lipinski definition) is 3. The number of likely N-dealkylation sites (tertiary alicyclic amines) is 1. The lowest BCUT2D eigenvalue weighted by Crippen LogP contribution is -2.50. The molecule has 12 heteroatoms. The van der Waals surface area contributed by atoms with Gasteiger partial charge in [-0.2, -0.15) is 26.3 Å². The molecule has 212 valence electrons. The molecular weight excluding hydrogens is 528 g/mol. The van der Waals surface area contributed by atoms with E-state index in [1.807, 2.05) is 26.0 Å². The Labute approximate surface area is 221 Å². The highest BCUT2D eigenvalue weighted by molar-refractivity contribution is 6.34. The lowest BCUT2D eigenvalue weighted by Gasteiger charge is -2.40. The Morgan fingerprint density at radius 2 is 1.56 bits per heavy atom. The number of alkyl halides is 6. The second kappa shape index (κ2) is 11.3. The summed E-state index contributed by atoms with van der Waals surface area (Å²) in [5.41, 5.74) is 3.60. The average Bonchev–Trinajstić information content (AvgIpc) is 2.86. The Balaban J connectivity index is 1.96. The maximum absolute atomic E-state index is 13.6. The number of benzene rings is 2. The number of amides is 3. The fourth-order valence-electron chi connectivity index (χ4n) is 5.02. The van der Waals surface area contributed by atoms with Gasteiger partial charge in [0, 0.05) is 38.5 Å². The van der Waals surface area contributed by atoms with Crippen molar-refractivity contribution in [3.8, 4) is 0 Å². The smallest absolute Gasteiger partial charge is 0.361 e. The first-order valence-corrected chi connectivity index (χ1v) is 12.2. The van der Waals surface area contributed by atoms with Gasteiger partial charge in [-0.05, 0) is 47.2 Å². The van der Waals surface area contributed by atoms with Crippen LogP contribution in [0, 0.1) is 5.92 Å². The highest BCUT2D eigenvalue weighted by Gasteiger charge is 2.41. The monoisotopic (exact) mass is 557 g/mol. The predicted molar refractivity (Wildman–Crippen MR) is 130 cm³/mol. The largest absolute Gasteiger partial charge is 0.416 e. The van der Waals surface area contributed by atoms with Crippen molar-refractivity contribution in [3.05, 3.63) is 70.3 Å². The minimum atomic E-state index is -5.01. The number of nitrogens with two attached hydrogens (primary N) is 1. The van der Waals surface area contributed by atoms with E-state index >= 15 is 0 Å². The van der Waals surface area contributed by atoms with Gasteiger partial charge in [-0.15, -0.1) is 0 Å². The molecule has 0 radical (unpaired) electrons. The van der Waals surface area contributed by atoms with Crippen LogP contribution in [0.1, 0.15) is 59.9 Å². The Morgan fingerprint density at radius 3 is 2.08 bits per heavy atom. The second-order valence-electron chi connectivity index (χ2n) is 10.0. The molecule has 39 heavy (non-hydrogen) atoms. The van der Waals surface area contributed by atoms with Gasteiger partial charge in [0.25, 0.3) is 0 Å². The van der Waals surface area contributed by atoms with E-state index < -0.39 is 59.6 Å². The third-order valence-electron chi connectivity index (χ3n) is 6.89. The van der Waals surface area contributed by atoms with Gasteiger partial charge >= 0.3 is 24.2 Å². The average molecular weight is 558 g/mol. The van der Waals surface area contributed by atoms with Crippen LogP contribution in [-0.2, 0) is 33.3 Å². The van der Waals surface area contributed by atoms with Crippen LogP contribution in [0.25, 0.3) is 0 Å². The molecule has 2 atom stereocenters. The van der Waals surface area contributed by atoms with Crippen LogP contribution in [0.15, 0.2) is 42.5 Å². The quantitative estimate of drug-likeness (QED) is 0.418. The highest BCUT2D eigenvalue weighted by atomic mass is 19.4. The molecule has 1 aliphatic heterocycles. The van der Waals surface area contributed by atoms with Crippen molar-refractivity contribution >= 4 is 17.7 Å². The lowest BCUT2D eigenvalue weighted by molar-refractivity contribution is -0.147. The number of piperidine rings is 1. The molecule has 1 fully saturated rings. The van der Waals surface area contributed by atoms with Crippen LogP contribution in [0.5, 0.6) is 0 Å². The SMILES string of the molecule is CC(C)c1ccccc1[C@@H]1CN(C(=O)C(N)=O)CC[C@H]1C(=O)N(C)Cc1cc(C(F)(F)F)cc(C(F)(F)F)c1. The summed E-state index contributed by atoms with van der Waals surface area (Å²) >= 11 is 0. The van der Waals surface area contributed by atoms with E-state index in [9.17, 15) is 40.7 Å². The lowest BCUT2D eigenvalue weighted by atomic mass is 9.76. The van der Waals surface area contributed by atoms with Gasteiger partial charge in [-0.1, -0.05) is 38.1 Å². The summed E-state index contributed by atoms with van der Waals surface area (Å²) in [6.45, 7) is 3.43. The number of carbonyl (C=O) groups excluding carboxylic acids is 3. The van der Waals surface area contributed by atoms with Crippen LogP contribution in [-0.4, -0.2) is 47.7 Å². The van der Waals surface area contributed by atoms with Crippen molar-refractivity contribution in [2.45, 2.75) is 51.0 Å². The van der Waals surface area contributed by atoms with Crippen molar-refractivity contribution in [2.75, 3.05) is 20.1 Å². The van der Waals surface area contributed by atoms with Crippen LogP contribution in [0.3, 0.4) is 0 Å². The molecule has 2 aromatic rings.